The van der Waals surface area contributed by atoms with Crippen molar-refractivity contribution in [3.8, 4) is 0 Å². The van der Waals surface area contributed by atoms with Crippen LogP contribution in [0.3, 0.4) is 0 Å². The van der Waals surface area contributed by atoms with E-state index in [2.05, 4.69) is 24.0 Å². The predicted molar refractivity (Wildman–Crippen MR) is 104 cm³/mol. The number of amides is 3. The summed E-state index contributed by atoms with van der Waals surface area (Å²) in [4.78, 5) is 37.4. The van der Waals surface area contributed by atoms with E-state index in [1.165, 1.54) is 4.90 Å². The number of guanidine groups is 1. The third-order valence-electron chi connectivity index (χ3n) is 5.62. The third-order valence-corrected chi connectivity index (χ3v) is 5.62. The summed E-state index contributed by atoms with van der Waals surface area (Å²) >= 11 is 0. The first-order chi connectivity index (χ1) is 13.5. The van der Waals surface area contributed by atoms with Crippen LogP contribution in [-0.4, -0.2) is 77.0 Å². The fourth-order valence-corrected chi connectivity index (χ4v) is 4.12. The zero-order valence-electron chi connectivity index (χ0n) is 16.6. The van der Waals surface area contributed by atoms with Crippen molar-refractivity contribution in [2.45, 2.75) is 32.1 Å². The lowest BCUT2D eigenvalue weighted by Crippen LogP contribution is -2.64. The molecule has 28 heavy (non-hydrogen) atoms. The summed E-state index contributed by atoms with van der Waals surface area (Å²) in [6.45, 7) is 4.67. The van der Waals surface area contributed by atoms with Crippen molar-refractivity contribution in [3.05, 3.63) is 47.8 Å². The number of allylic oxidation sites excluding steroid dienone is 1. The van der Waals surface area contributed by atoms with Gasteiger partial charge >= 0.3 is 6.03 Å². The molecule has 3 atom stereocenters. The molecule has 8 nitrogen and oxygen atoms in total. The molecule has 1 fully saturated rings. The van der Waals surface area contributed by atoms with Crippen LogP contribution in [0, 0.1) is 0 Å². The number of hydrogen-bond donors (Lipinski definition) is 0. The quantitative estimate of drug-likeness (QED) is 0.776. The van der Waals surface area contributed by atoms with E-state index in [-0.39, 0.29) is 24.5 Å². The molecule has 0 aromatic heterocycles. The minimum Gasteiger partial charge on any atom is -0.383 e. The lowest BCUT2D eigenvalue weighted by atomic mass is 10.1. The van der Waals surface area contributed by atoms with Crippen molar-refractivity contribution in [3.63, 3.8) is 0 Å². The molecule has 8 heteroatoms. The Bertz CT molecular complexity index is 853. The van der Waals surface area contributed by atoms with Gasteiger partial charge in [0.1, 0.15) is 0 Å². The Morgan fingerprint density at radius 2 is 1.93 bits per heavy atom. The van der Waals surface area contributed by atoms with E-state index >= 15 is 0 Å². The van der Waals surface area contributed by atoms with Gasteiger partial charge in [0.15, 0.2) is 12.2 Å². The van der Waals surface area contributed by atoms with E-state index in [0.717, 1.165) is 11.3 Å². The molecule has 0 saturated carbocycles. The van der Waals surface area contributed by atoms with Crippen molar-refractivity contribution < 1.29 is 14.3 Å². The molecule has 4 rings (SSSR count). The highest BCUT2D eigenvalue weighted by Gasteiger charge is 2.54. The van der Waals surface area contributed by atoms with Crippen LogP contribution < -0.4 is 0 Å². The summed E-state index contributed by atoms with van der Waals surface area (Å²) in [5, 5.41) is 0. The van der Waals surface area contributed by atoms with Crippen LogP contribution in [0.5, 0.6) is 0 Å². The van der Waals surface area contributed by atoms with Crippen LogP contribution in [0.2, 0.25) is 0 Å². The average Bonchev–Trinajstić information content (AvgIpc) is 3.21. The van der Waals surface area contributed by atoms with Gasteiger partial charge in [-0.25, -0.2) is 9.79 Å². The molecule has 3 aliphatic heterocycles. The molecular weight excluding hydrogens is 358 g/mol. The van der Waals surface area contributed by atoms with Crippen LogP contribution >= 0.6 is 0 Å². The maximum Gasteiger partial charge on any atom is 0.328 e. The van der Waals surface area contributed by atoms with Crippen molar-refractivity contribution >= 4 is 17.9 Å². The first-order valence-corrected chi connectivity index (χ1v) is 9.41. The van der Waals surface area contributed by atoms with Gasteiger partial charge in [-0.05, 0) is 19.4 Å². The Morgan fingerprint density at radius 1 is 1.21 bits per heavy atom. The number of carbonyl (C=O) groups is 2. The zero-order valence-corrected chi connectivity index (χ0v) is 16.6. The lowest BCUT2D eigenvalue weighted by Gasteiger charge is -2.40. The van der Waals surface area contributed by atoms with Crippen LogP contribution in [0.25, 0.3) is 0 Å². The summed E-state index contributed by atoms with van der Waals surface area (Å²) < 4.78 is 5.06. The molecule has 148 valence electrons. The maximum atomic E-state index is 13.1. The van der Waals surface area contributed by atoms with E-state index in [1.807, 2.05) is 36.2 Å². The second-order valence-corrected chi connectivity index (χ2v) is 7.30. The second-order valence-electron chi connectivity index (χ2n) is 7.30. The van der Waals surface area contributed by atoms with Crippen LogP contribution in [0.4, 0.5) is 4.79 Å². The normalized spacial score (nSPS) is 25.0. The van der Waals surface area contributed by atoms with Crippen LogP contribution in [0.1, 0.15) is 25.5 Å². The number of aliphatic imine (C=N–C) groups is 1. The number of carbonyl (C=O) groups excluding carboxylic acids is 2. The number of methoxy groups -OCH3 is 1. The van der Waals surface area contributed by atoms with Gasteiger partial charge in [0, 0.05) is 26.1 Å². The summed E-state index contributed by atoms with van der Waals surface area (Å²) in [6, 6.07) is 9.35. The third kappa shape index (κ3) is 2.67. The number of urea groups is 1. The summed E-state index contributed by atoms with van der Waals surface area (Å²) in [5.41, 5.74) is 2.18. The highest BCUT2D eigenvalue weighted by atomic mass is 16.5. The smallest absolute Gasteiger partial charge is 0.328 e. The number of nitrogens with zero attached hydrogens (tertiary/aromatic N) is 5. The van der Waals surface area contributed by atoms with Crippen LogP contribution in [-0.2, 0) is 9.53 Å². The molecule has 0 N–H and O–H groups in total. The van der Waals surface area contributed by atoms with Crippen molar-refractivity contribution in [1.82, 2.24) is 19.6 Å². The van der Waals surface area contributed by atoms with E-state index in [0.29, 0.717) is 12.6 Å². The van der Waals surface area contributed by atoms with Gasteiger partial charge in [0.2, 0.25) is 5.96 Å². The Balaban J connectivity index is 1.65. The number of likely N-dealkylation sites (N-methyl/N-ethyl adjacent to an activating group) is 1. The minimum absolute atomic E-state index is 0.0575. The molecule has 3 heterocycles. The van der Waals surface area contributed by atoms with E-state index in [1.54, 1.807) is 19.1 Å². The molecule has 3 aliphatic rings. The van der Waals surface area contributed by atoms with Gasteiger partial charge in [-0.1, -0.05) is 30.3 Å². The molecule has 0 radical (unpaired) electrons. The zero-order chi connectivity index (χ0) is 20.0. The fraction of sp³-hybridized carbons (Fsp3) is 0.450. The maximum absolute atomic E-state index is 13.1. The summed E-state index contributed by atoms with van der Waals surface area (Å²) in [6.07, 6.45) is 1.43. The Morgan fingerprint density at radius 3 is 2.61 bits per heavy atom. The highest BCUT2D eigenvalue weighted by molar-refractivity contribution is 6.04. The van der Waals surface area contributed by atoms with Gasteiger partial charge in [-0.2, -0.15) is 0 Å². The number of fused-ring (bicyclic) bond motifs is 3. The molecule has 1 aromatic rings. The van der Waals surface area contributed by atoms with E-state index in [4.69, 9.17) is 9.73 Å². The van der Waals surface area contributed by atoms with Crippen LogP contribution in [0.15, 0.2) is 47.2 Å². The number of hydrogen-bond acceptors (Lipinski definition) is 6. The molecule has 3 amide bonds. The molecular formula is C20H25N5O3. The van der Waals surface area contributed by atoms with Gasteiger partial charge in [0.25, 0.3) is 5.91 Å². The number of rotatable bonds is 5. The summed E-state index contributed by atoms with van der Waals surface area (Å²) in [5.74, 6) is 0.479. The largest absolute Gasteiger partial charge is 0.383 e. The van der Waals surface area contributed by atoms with Crippen molar-refractivity contribution in [2.24, 2.45) is 4.99 Å². The first-order valence-electron chi connectivity index (χ1n) is 9.41. The van der Waals surface area contributed by atoms with Gasteiger partial charge in [0.05, 0.1) is 19.2 Å². The second kappa shape index (κ2) is 6.94. The first kappa shape index (κ1) is 18.5. The lowest BCUT2D eigenvalue weighted by molar-refractivity contribution is -0.137. The molecule has 0 spiro atoms. The van der Waals surface area contributed by atoms with Crippen molar-refractivity contribution in [1.29, 1.82) is 0 Å². The number of imide groups is 1. The van der Waals surface area contributed by atoms with Gasteiger partial charge in [-0.15, -0.1) is 0 Å². The van der Waals surface area contributed by atoms with E-state index < -0.39 is 12.2 Å². The molecule has 1 aromatic carbocycles. The van der Waals surface area contributed by atoms with E-state index in [9.17, 15) is 9.59 Å². The highest BCUT2D eigenvalue weighted by Crippen LogP contribution is 2.38. The monoisotopic (exact) mass is 383 g/mol. The Kier molecular flexibility index (Phi) is 4.58. The number of benzene rings is 1. The fourth-order valence-electron chi connectivity index (χ4n) is 4.12. The Hall–Kier alpha value is -2.87. The minimum atomic E-state index is -0.544. The Labute approximate surface area is 164 Å². The molecule has 1 saturated heterocycles. The molecule has 0 aliphatic carbocycles. The topological polar surface area (TPSA) is 68.7 Å². The summed E-state index contributed by atoms with van der Waals surface area (Å²) in [7, 11) is 3.25. The number of ether oxygens (including phenoxy) is 1. The van der Waals surface area contributed by atoms with Crippen molar-refractivity contribution in [2.75, 3.05) is 27.3 Å². The molecule has 3 unspecified atom stereocenters. The predicted octanol–water partition coefficient (Wildman–Crippen LogP) is 1.83. The standard InChI is InChI=1S/C20H25N5O3/c1-13-12-24-16-17(22(3)20(27)23(18(16)26)10-11-28-4)21-19(24)25(13)14(2)15-8-6-5-7-9-15/h5-9,12,14,16-17H,10-11H2,1-4H3. The SMILES string of the molecule is COCCN1C(=O)C2C(N=C3N2C=C(C)N3C(C)c2ccccc2)N(C)C1=O. The average molecular weight is 383 g/mol. The van der Waals surface area contributed by atoms with Gasteiger partial charge < -0.3 is 19.4 Å². The van der Waals surface area contributed by atoms with Gasteiger partial charge in [-0.3, -0.25) is 9.69 Å². The molecule has 0 bridgehead atoms.